The summed E-state index contributed by atoms with van der Waals surface area (Å²) in [6.45, 7) is 2.28. The number of carbonyl (C=O) groups is 1. The second-order valence-corrected chi connectivity index (χ2v) is 7.92. The number of likely N-dealkylation sites (tertiary alicyclic amines) is 1. The molecule has 1 fully saturated rings. The van der Waals surface area contributed by atoms with Crippen molar-refractivity contribution < 1.29 is 22.7 Å². The lowest BCUT2D eigenvalue weighted by molar-refractivity contribution is -0.138. The minimum absolute atomic E-state index is 0.0315. The van der Waals surface area contributed by atoms with E-state index in [1.165, 1.54) is 12.1 Å². The van der Waals surface area contributed by atoms with Crippen LogP contribution in [0.3, 0.4) is 0 Å². The summed E-state index contributed by atoms with van der Waals surface area (Å²) in [7, 11) is 3.47. The molecule has 2 aromatic rings. The molecule has 8 heteroatoms. The van der Waals surface area contributed by atoms with E-state index in [4.69, 9.17) is 4.74 Å². The highest BCUT2D eigenvalue weighted by Crippen LogP contribution is 2.32. The molecule has 2 atom stereocenters. The number of ether oxygens (including phenoxy) is 1. The number of alkyl halides is 3. The number of hydrogen-bond acceptors (Lipinski definition) is 4. The van der Waals surface area contributed by atoms with Crippen molar-refractivity contribution in [3.05, 3.63) is 59.9 Å². The van der Waals surface area contributed by atoms with Crippen LogP contribution in [0.15, 0.2) is 48.8 Å². The van der Waals surface area contributed by atoms with Gasteiger partial charge in [-0.05, 0) is 42.3 Å². The number of pyridine rings is 1. The first-order valence-corrected chi connectivity index (χ1v) is 9.85. The van der Waals surface area contributed by atoms with Crippen molar-refractivity contribution in [1.82, 2.24) is 14.8 Å². The van der Waals surface area contributed by atoms with Crippen LogP contribution < -0.4 is 4.74 Å². The van der Waals surface area contributed by atoms with Gasteiger partial charge in [-0.3, -0.25) is 14.7 Å². The molecule has 3 rings (SSSR count). The average Bonchev–Trinajstić information content (AvgIpc) is 2.72. The van der Waals surface area contributed by atoms with Gasteiger partial charge in [-0.15, -0.1) is 0 Å². The summed E-state index contributed by atoms with van der Waals surface area (Å²) < 4.78 is 44.5. The lowest BCUT2D eigenvalue weighted by Gasteiger charge is -2.38. The largest absolute Gasteiger partial charge is 0.493 e. The topological polar surface area (TPSA) is 45.7 Å². The van der Waals surface area contributed by atoms with Crippen molar-refractivity contribution in [2.24, 2.45) is 11.8 Å². The molecule has 5 nitrogen and oxygen atoms in total. The van der Waals surface area contributed by atoms with Gasteiger partial charge in [0, 0.05) is 52.0 Å². The number of aromatic nitrogens is 1. The van der Waals surface area contributed by atoms with Gasteiger partial charge in [-0.25, -0.2) is 0 Å². The van der Waals surface area contributed by atoms with Crippen molar-refractivity contribution >= 4 is 5.91 Å². The monoisotopic (exact) mass is 421 g/mol. The first-order valence-electron chi connectivity index (χ1n) is 9.85. The SMILES string of the molecule is CN(C)C(=O)[C@@H]1C[C@H](COc2cccc(C(F)(F)F)c2)CN(Cc2ccncc2)C1. The van der Waals surface area contributed by atoms with E-state index < -0.39 is 11.7 Å². The van der Waals surface area contributed by atoms with Crippen molar-refractivity contribution in [2.45, 2.75) is 19.1 Å². The average molecular weight is 421 g/mol. The van der Waals surface area contributed by atoms with Gasteiger partial charge in [-0.1, -0.05) is 6.07 Å². The van der Waals surface area contributed by atoms with Crippen LogP contribution in [0.5, 0.6) is 5.75 Å². The van der Waals surface area contributed by atoms with Crippen LogP contribution in [-0.2, 0) is 17.5 Å². The van der Waals surface area contributed by atoms with Gasteiger partial charge in [-0.2, -0.15) is 13.2 Å². The maximum absolute atomic E-state index is 12.9. The van der Waals surface area contributed by atoms with E-state index >= 15 is 0 Å². The molecule has 0 saturated carbocycles. The Labute approximate surface area is 174 Å². The van der Waals surface area contributed by atoms with Crippen LogP contribution in [0.25, 0.3) is 0 Å². The molecular formula is C22H26F3N3O2. The molecule has 0 N–H and O–H groups in total. The van der Waals surface area contributed by atoms with Gasteiger partial charge >= 0.3 is 6.18 Å². The highest BCUT2D eigenvalue weighted by atomic mass is 19.4. The summed E-state index contributed by atoms with van der Waals surface area (Å²) in [5, 5.41) is 0. The van der Waals surface area contributed by atoms with E-state index in [0.29, 0.717) is 26.1 Å². The van der Waals surface area contributed by atoms with E-state index in [9.17, 15) is 18.0 Å². The fourth-order valence-corrected chi connectivity index (χ4v) is 3.82. The molecule has 1 aromatic carbocycles. The Hall–Kier alpha value is -2.61. The molecule has 0 unspecified atom stereocenters. The number of piperidine rings is 1. The number of halogens is 3. The van der Waals surface area contributed by atoms with Gasteiger partial charge in [0.05, 0.1) is 18.1 Å². The lowest BCUT2D eigenvalue weighted by Crippen LogP contribution is -2.47. The first kappa shape index (κ1) is 22.1. The molecule has 1 amide bonds. The zero-order valence-electron chi connectivity index (χ0n) is 17.1. The molecule has 162 valence electrons. The number of nitrogens with zero attached hydrogens (tertiary/aromatic N) is 3. The number of rotatable bonds is 6. The van der Waals surface area contributed by atoms with E-state index in [1.54, 1.807) is 31.4 Å². The van der Waals surface area contributed by atoms with E-state index in [1.807, 2.05) is 12.1 Å². The number of hydrogen-bond donors (Lipinski definition) is 0. The van der Waals surface area contributed by atoms with Crippen molar-refractivity contribution in [2.75, 3.05) is 33.8 Å². The second kappa shape index (κ2) is 9.47. The van der Waals surface area contributed by atoms with Crippen LogP contribution in [0.2, 0.25) is 0 Å². The Kier molecular flexibility index (Phi) is 6.97. The molecule has 0 spiro atoms. The zero-order chi connectivity index (χ0) is 21.7. The molecule has 1 saturated heterocycles. The molecule has 0 aliphatic carbocycles. The standard InChI is InChI=1S/C22H26F3N3O2/c1-27(2)21(29)18-10-17(13-28(14-18)12-16-6-8-26-9-7-16)15-30-20-5-3-4-19(11-20)22(23,24)25/h3-9,11,17-18H,10,12-15H2,1-2H3/t17-,18+/m0/s1. The molecule has 2 heterocycles. The number of benzene rings is 1. The number of amides is 1. The minimum atomic E-state index is -4.41. The minimum Gasteiger partial charge on any atom is -0.493 e. The smallest absolute Gasteiger partial charge is 0.416 e. The predicted molar refractivity (Wildman–Crippen MR) is 107 cm³/mol. The second-order valence-electron chi connectivity index (χ2n) is 7.92. The maximum Gasteiger partial charge on any atom is 0.416 e. The molecule has 30 heavy (non-hydrogen) atoms. The Bertz CT molecular complexity index is 843. The highest BCUT2D eigenvalue weighted by molar-refractivity contribution is 5.78. The van der Waals surface area contributed by atoms with Crippen LogP contribution >= 0.6 is 0 Å². The van der Waals surface area contributed by atoms with E-state index in [2.05, 4.69) is 9.88 Å². The maximum atomic E-state index is 12.9. The van der Waals surface area contributed by atoms with Gasteiger partial charge < -0.3 is 9.64 Å². The van der Waals surface area contributed by atoms with Gasteiger partial charge in [0.1, 0.15) is 5.75 Å². The molecule has 1 aromatic heterocycles. The fraction of sp³-hybridized carbons (Fsp3) is 0.455. The van der Waals surface area contributed by atoms with Crippen LogP contribution in [0.4, 0.5) is 13.2 Å². The number of carbonyl (C=O) groups excluding carboxylic acids is 1. The Morgan fingerprint density at radius 2 is 1.93 bits per heavy atom. The zero-order valence-corrected chi connectivity index (χ0v) is 17.1. The van der Waals surface area contributed by atoms with Crippen molar-refractivity contribution in [3.63, 3.8) is 0 Å². The Balaban J connectivity index is 1.68. The Morgan fingerprint density at radius 3 is 2.60 bits per heavy atom. The summed E-state index contributed by atoms with van der Waals surface area (Å²) in [5.74, 6) is 0.0970. The third-order valence-corrected chi connectivity index (χ3v) is 5.21. The van der Waals surface area contributed by atoms with Gasteiger partial charge in [0.2, 0.25) is 5.91 Å². The molecule has 1 aliphatic rings. The Morgan fingerprint density at radius 1 is 1.20 bits per heavy atom. The van der Waals surface area contributed by atoms with Crippen molar-refractivity contribution in [3.8, 4) is 5.75 Å². The third-order valence-electron chi connectivity index (χ3n) is 5.21. The normalized spacial score (nSPS) is 20.0. The van der Waals surface area contributed by atoms with Crippen LogP contribution in [-0.4, -0.2) is 54.5 Å². The summed E-state index contributed by atoms with van der Waals surface area (Å²) in [4.78, 5) is 20.4. The van der Waals surface area contributed by atoms with Crippen molar-refractivity contribution in [1.29, 1.82) is 0 Å². The molecular weight excluding hydrogens is 395 g/mol. The summed E-state index contributed by atoms with van der Waals surface area (Å²) >= 11 is 0. The van der Waals surface area contributed by atoms with Gasteiger partial charge in [0.25, 0.3) is 0 Å². The molecule has 1 aliphatic heterocycles. The van der Waals surface area contributed by atoms with Crippen LogP contribution in [0.1, 0.15) is 17.5 Å². The highest BCUT2D eigenvalue weighted by Gasteiger charge is 2.33. The fourth-order valence-electron chi connectivity index (χ4n) is 3.82. The first-order chi connectivity index (χ1) is 14.2. The molecule has 0 bridgehead atoms. The molecule has 0 radical (unpaired) electrons. The summed E-state index contributed by atoms with van der Waals surface area (Å²) in [6.07, 6.45) is -0.302. The lowest BCUT2D eigenvalue weighted by atomic mass is 9.88. The van der Waals surface area contributed by atoms with Gasteiger partial charge in [0.15, 0.2) is 0 Å². The van der Waals surface area contributed by atoms with E-state index in [-0.39, 0.29) is 30.1 Å². The summed E-state index contributed by atoms with van der Waals surface area (Å²) in [6, 6.07) is 8.77. The third kappa shape index (κ3) is 5.95. The van der Waals surface area contributed by atoms with E-state index in [0.717, 1.165) is 17.7 Å². The quantitative estimate of drug-likeness (QED) is 0.714. The van der Waals surface area contributed by atoms with Crippen LogP contribution in [0, 0.1) is 11.8 Å². The predicted octanol–water partition coefficient (Wildman–Crippen LogP) is 3.71. The summed E-state index contributed by atoms with van der Waals surface area (Å²) in [5.41, 5.74) is 0.365.